The van der Waals surface area contributed by atoms with Gasteiger partial charge in [0.05, 0.1) is 16.6 Å². The molecule has 0 spiro atoms. The van der Waals surface area contributed by atoms with E-state index in [0.29, 0.717) is 17.0 Å². The maximum Gasteiger partial charge on any atom is 0.148 e. The maximum atomic E-state index is 11.5. The second-order valence-corrected chi connectivity index (χ2v) is 11.5. The minimum atomic E-state index is 0. The molecule has 5 nitrogen and oxygen atoms in total. The molecule has 48 heavy (non-hydrogen) atoms. The Balaban J connectivity index is 0.00000336. The smallest absolute Gasteiger partial charge is 0.148 e. The SMILES string of the molecule is Oc1cc2c(cc1-c1nc3c(-c4[c-]c(-c5ccccn5)cc(-c5ccccc5)c4)cccc3n1-c1ccccc1)oc1ccccc12.[Pt]. The monoisotopic (exact) mass is 799 g/mol. The number of furan rings is 1. The first-order chi connectivity index (χ1) is 23.2. The number of imidazole rings is 1. The van der Waals surface area contributed by atoms with Crippen LogP contribution in [0.2, 0.25) is 0 Å². The Morgan fingerprint density at radius 2 is 1.35 bits per heavy atom. The predicted octanol–water partition coefficient (Wildman–Crippen LogP) is 10.5. The van der Waals surface area contributed by atoms with Crippen LogP contribution in [0.3, 0.4) is 0 Å². The van der Waals surface area contributed by atoms with Gasteiger partial charge in [0.15, 0.2) is 0 Å². The van der Waals surface area contributed by atoms with Gasteiger partial charge in [-0.25, -0.2) is 4.98 Å². The number of aromatic nitrogens is 3. The van der Waals surface area contributed by atoms with Crippen LogP contribution in [0.25, 0.3) is 83.6 Å². The van der Waals surface area contributed by atoms with Gasteiger partial charge in [-0.15, -0.1) is 23.8 Å². The molecule has 3 aromatic heterocycles. The Labute approximate surface area is 291 Å². The quantitative estimate of drug-likeness (QED) is 0.176. The molecule has 232 valence electrons. The van der Waals surface area contributed by atoms with Crippen LogP contribution in [0, 0.1) is 6.07 Å². The van der Waals surface area contributed by atoms with Gasteiger partial charge >= 0.3 is 0 Å². The number of phenols is 1. The standard InChI is InChI=1S/C42H26N3O2.Pt/c46-38-25-34-33-16-7-8-20-39(33)47-40(34)26-35(38)42-44-41-32(17-11-19-37(41)45(42)31-14-5-2-6-15-31)29-22-28(27-12-3-1-4-13-27)23-30(24-29)36-18-9-10-21-43-36;/h1-23,25-26,46H;/q-1;. The molecule has 1 N–H and O–H groups in total. The molecule has 6 heteroatoms. The van der Waals surface area contributed by atoms with E-state index in [0.717, 1.165) is 66.6 Å². The normalized spacial score (nSPS) is 11.2. The number of hydrogen-bond acceptors (Lipinski definition) is 4. The number of rotatable bonds is 5. The molecule has 9 aromatic rings. The van der Waals surface area contributed by atoms with E-state index in [-0.39, 0.29) is 26.8 Å². The van der Waals surface area contributed by atoms with Crippen LogP contribution >= 0.6 is 0 Å². The van der Waals surface area contributed by atoms with Crippen molar-refractivity contribution in [3.05, 3.63) is 158 Å². The number of fused-ring (bicyclic) bond motifs is 4. The molecule has 0 bridgehead atoms. The summed E-state index contributed by atoms with van der Waals surface area (Å²) in [6.07, 6.45) is 1.80. The number of para-hydroxylation sites is 3. The summed E-state index contributed by atoms with van der Waals surface area (Å²) >= 11 is 0. The van der Waals surface area contributed by atoms with Crippen molar-refractivity contribution in [1.29, 1.82) is 0 Å². The summed E-state index contributed by atoms with van der Waals surface area (Å²) in [6.45, 7) is 0. The number of benzene rings is 6. The van der Waals surface area contributed by atoms with Crippen molar-refractivity contribution in [1.82, 2.24) is 14.5 Å². The number of hydrogen-bond donors (Lipinski definition) is 1. The fourth-order valence-electron chi connectivity index (χ4n) is 6.45. The molecule has 0 aliphatic carbocycles. The fourth-order valence-corrected chi connectivity index (χ4v) is 6.45. The van der Waals surface area contributed by atoms with Crippen molar-refractivity contribution in [2.75, 3.05) is 0 Å². The predicted molar refractivity (Wildman–Crippen MR) is 188 cm³/mol. The average molecular weight is 800 g/mol. The van der Waals surface area contributed by atoms with Gasteiger partial charge in [-0.05, 0) is 48.0 Å². The van der Waals surface area contributed by atoms with Gasteiger partial charge in [-0.2, -0.15) is 0 Å². The number of phenolic OH excluding ortho intramolecular Hbond substituents is 1. The Morgan fingerprint density at radius 3 is 2.17 bits per heavy atom. The first kappa shape index (κ1) is 29.6. The zero-order valence-corrected chi connectivity index (χ0v) is 27.7. The van der Waals surface area contributed by atoms with E-state index in [1.165, 1.54) is 0 Å². The molecule has 0 saturated carbocycles. The van der Waals surface area contributed by atoms with Gasteiger partial charge in [0, 0.05) is 49.4 Å². The Morgan fingerprint density at radius 1 is 0.604 bits per heavy atom. The molecule has 6 aromatic carbocycles. The molecular formula is C42H26N3O2Pt-. The van der Waals surface area contributed by atoms with Crippen molar-refractivity contribution in [3.8, 4) is 56.3 Å². The summed E-state index contributed by atoms with van der Waals surface area (Å²) in [7, 11) is 0. The summed E-state index contributed by atoms with van der Waals surface area (Å²) in [5, 5.41) is 13.4. The molecule has 0 radical (unpaired) electrons. The molecule has 0 fully saturated rings. The van der Waals surface area contributed by atoms with Crippen LogP contribution < -0.4 is 0 Å². The minimum Gasteiger partial charge on any atom is -0.507 e. The molecule has 0 aliphatic rings. The van der Waals surface area contributed by atoms with Crippen LogP contribution in [0.1, 0.15) is 0 Å². The van der Waals surface area contributed by atoms with Crippen molar-refractivity contribution >= 4 is 33.0 Å². The first-order valence-electron chi connectivity index (χ1n) is 15.5. The van der Waals surface area contributed by atoms with Gasteiger partial charge < -0.3 is 9.52 Å². The first-order valence-corrected chi connectivity index (χ1v) is 15.5. The number of aromatic hydroxyl groups is 1. The third-order valence-electron chi connectivity index (χ3n) is 8.64. The van der Waals surface area contributed by atoms with E-state index in [1.54, 1.807) is 12.3 Å². The molecule has 0 amide bonds. The second kappa shape index (κ2) is 12.1. The second-order valence-electron chi connectivity index (χ2n) is 11.5. The summed E-state index contributed by atoms with van der Waals surface area (Å²) in [4.78, 5) is 9.93. The Hall–Kier alpha value is -5.77. The summed E-state index contributed by atoms with van der Waals surface area (Å²) in [6, 6.07) is 52.1. The topological polar surface area (TPSA) is 64.1 Å². The van der Waals surface area contributed by atoms with Gasteiger partial charge in [0.1, 0.15) is 22.7 Å². The molecule has 0 aliphatic heterocycles. The van der Waals surface area contributed by atoms with E-state index in [9.17, 15) is 5.11 Å². The summed E-state index contributed by atoms with van der Waals surface area (Å²) in [5.41, 5.74) is 10.4. The van der Waals surface area contributed by atoms with Crippen LogP contribution in [-0.4, -0.2) is 19.6 Å². The summed E-state index contributed by atoms with van der Waals surface area (Å²) in [5.74, 6) is 0.746. The van der Waals surface area contributed by atoms with Gasteiger partial charge in [0.2, 0.25) is 0 Å². The molecular weight excluding hydrogens is 774 g/mol. The Kier molecular flexibility index (Phi) is 7.47. The van der Waals surface area contributed by atoms with Gasteiger partial charge in [0.25, 0.3) is 0 Å². The number of nitrogens with zero attached hydrogens (tertiary/aromatic N) is 3. The third kappa shape index (κ3) is 5.00. The maximum absolute atomic E-state index is 11.5. The molecule has 0 unspecified atom stereocenters. The summed E-state index contributed by atoms with van der Waals surface area (Å²) < 4.78 is 8.33. The van der Waals surface area contributed by atoms with Gasteiger partial charge in [-0.1, -0.05) is 108 Å². The average Bonchev–Trinajstić information content (AvgIpc) is 3.70. The van der Waals surface area contributed by atoms with E-state index < -0.39 is 0 Å². The zero-order valence-electron chi connectivity index (χ0n) is 25.4. The zero-order chi connectivity index (χ0) is 31.3. The fraction of sp³-hybridized carbons (Fsp3) is 0. The molecule has 3 heterocycles. The van der Waals surface area contributed by atoms with Crippen molar-refractivity contribution in [2.45, 2.75) is 0 Å². The van der Waals surface area contributed by atoms with Crippen molar-refractivity contribution in [2.24, 2.45) is 0 Å². The van der Waals surface area contributed by atoms with Crippen molar-refractivity contribution < 1.29 is 30.6 Å². The largest absolute Gasteiger partial charge is 0.507 e. The van der Waals surface area contributed by atoms with Gasteiger partial charge in [-0.3, -0.25) is 9.55 Å². The molecule has 0 atom stereocenters. The van der Waals surface area contributed by atoms with E-state index in [1.807, 2.05) is 91.0 Å². The molecule has 0 saturated heterocycles. The van der Waals surface area contributed by atoms with Crippen LogP contribution in [0.15, 0.2) is 156 Å². The Bertz CT molecular complexity index is 2520. The molecule has 9 rings (SSSR count). The van der Waals surface area contributed by atoms with Crippen molar-refractivity contribution in [3.63, 3.8) is 0 Å². The van der Waals surface area contributed by atoms with E-state index in [2.05, 4.69) is 64.1 Å². The van der Waals surface area contributed by atoms with E-state index >= 15 is 0 Å². The minimum absolute atomic E-state index is 0. The van der Waals surface area contributed by atoms with Crippen LogP contribution in [0.4, 0.5) is 0 Å². The number of pyridine rings is 1. The van der Waals surface area contributed by atoms with Crippen LogP contribution in [0.5, 0.6) is 5.75 Å². The van der Waals surface area contributed by atoms with Crippen LogP contribution in [-0.2, 0) is 21.1 Å². The van der Waals surface area contributed by atoms with E-state index in [4.69, 9.17) is 9.40 Å². The third-order valence-corrected chi connectivity index (χ3v) is 8.64.